The fraction of sp³-hybridized carbons (Fsp3) is 0.462. The Labute approximate surface area is 106 Å². The van der Waals surface area contributed by atoms with E-state index in [1.807, 2.05) is 6.92 Å². The first-order chi connectivity index (χ1) is 8.58. The van der Waals surface area contributed by atoms with Gasteiger partial charge in [0.15, 0.2) is 0 Å². The molecule has 0 saturated heterocycles. The fourth-order valence-corrected chi connectivity index (χ4v) is 1.55. The second-order valence-corrected chi connectivity index (χ2v) is 3.85. The van der Waals surface area contributed by atoms with Crippen LogP contribution in [-0.4, -0.2) is 32.3 Å². The van der Waals surface area contributed by atoms with Crippen molar-refractivity contribution in [1.82, 2.24) is 5.32 Å². The molecule has 0 spiro atoms. The topological polar surface area (TPSA) is 47.6 Å². The highest BCUT2D eigenvalue weighted by molar-refractivity contribution is 5.75. The van der Waals surface area contributed by atoms with Crippen LogP contribution >= 0.6 is 0 Å². The molecule has 5 heteroatoms. The molecule has 1 atom stereocenters. The summed E-state index contributed by atoms with van der Waals surface area (Å²) in [7, 11) is 1.33. The summed E-state index contributed by atoms with van der Waals surface area (Å²) in [6.07, 6.45) is 0. The zero-order chi connectivity index (χ0) is 13.5. The number of halogens is 1. The largest absolute Gasteiger partial charge is 0.491 e. The lowest BCUT2D eigenvalue weighted by Gasteiger charge is -2.17. The average molecular weight is 255 g/mol. The van der Waals surface area contributed by atoms with Gasteiger partial charge in [0.2, 0.25) is 0 Å². The van der Waals surface area contributed by atoms with Crippen molar-refractivity contribution >= 4 is 5.97 Å². The van der Waals surface area contributed by atoms with Crippen LogP contribution < -0.4 is 10.1 Å². The van der Waals surface area contributed by atoms with Gasteiger partial charge in [-0.25, -0.2) is 4.39 Å². The van der Waals surface area contributed by atoms with E-state index in [2.05, 4.69) is 10.1 Å². The molecule has 1 N–H and O–H groups in total. The van der Waals surface area contributed by atoms with Gasteiger partial charge in [-0.3, -0.25) is 4.79 Å². The predicted molar refractivity (Wildman–Crippen MR) is 66.1 cm³/mol. The standard InChI is InChI=1S/C13H18FNO3/c1-4-15-11(13(16)17-3)8-18-12-6-5-10(14)7-9(12)2/h5-7,11,15H,4,8H2,1-3H3. The number of benzene rings is 1. The number of aryl methyl sites for hydroxylation is 1. The van der Waals surface area contributed by atoms with E-state index in [1.165, 1.54) is 19.2 Å². The highest BCUT2D eigenvalue weighted by Crippen LogP contribution is 2.18. The summed E-state index contributed by atoms with van der Waals surface area (Å²) in [5, 5.41) is 2.96. The average Bonchev–Trinajstić information content (AvgIpc) is 2.35. The Morgan fingerprint density at radius 3 is 2.78 bits per heavy atom. The molecule has 18 heavy (non-hydrogen) atoms. The maximum absolute atomic E-state index is 12.9. The Balaban J connectivity index is 2.63. The quantitative estimate of drug-likeness (QED) is 0.785. The van der Waals surface area contributed by atoms with Crippen LogP contribution in [0.25, 0.3) is 0 Å². The van der Waals surface area contributed by atoms with Crippen LogP contribution in [0.4, 0.5) is 4.39 Å². The van der Waals surface area contributed by atoms with Crippen LogP contribution in [0.3, 0.4) is 0 Å². The zero-order valence-corrected chi connectivity index (χ0v) is 10.8. The number of methoxy groups -OCH3 is 1. The number of carbonyl (C=O) groups excluding carboxylic acids is 1. The minimum absolute atomic E-state index is 0.146. The highest BCUT2D eigenvalue weighted by atomic mass is 19.1. The molecule has 0 bridgehead atoms. The van der Waals surface area contributed by atoms with Gasteiger partial charge in [-0.15, -0.1) is 0 Å². The zero-order valence-electron chi connectivity index (χ0n) is 10.8. The molecule has 0 saturated carbocycles. The number of hydrogen-bond donors (Lipinski definition) is 1. The number of carbonyl (C=O) groups is 1. The van der Waals surface area contributed by atoms with Crippen molar-refractivity contribution in [2.24, 2.45) is 0 Å². The van der Waals surface area contributed by atoms with Crippen molar-refractivity contribution in [3.63, 3.8) is 0 Å². The number of hydrogen-bond acceptors (Lipinski definition) is 4. The van der Waals surface area contributed by atoms with E-state index in [0.717, 1.165) is 0 Å². The maximum Gasteiger partial charge on any atom is 0.326 e. The molecule has 1 aromatic carbocycles. The third-order valence-corrected chi connectivity index (χ3v) is 2.48. The Kier molecular flexibility index (Phi) is 5.58. The second kappa shape index (κ2) is 6.96. The number of rotatable bonds is 6. The maximum atomic E-state index is 12.9. The van der Waals surface area contributed by atoms with E-state index in [1.54, 1.807) is 13.0 Å². The lowest BCUT2D eigenvalue weighted by Crippen LogP contribution is -2.42. The van der Waals surface area contributed by atoms with E-state index in [4.69, 9.17) is 4.74 Å². The van der Waals surface area contributed by atoms with Crippen LogP contribution in [0.1, 0.15) is 12.5 Å². The van der Waals surface area contributed by atoms with E-state index in [-0.39, 0.29) is 18.4 Å². The van der Waals surface area contributed by atoms with Crippen molar-refractivity contribution in [2.45, 2.75) is 19.9 Å². The van der Waals surface area contributed by atoms with Crippen LogP contribution in [-0.2, 0) is 9.53 Å². The van der Waals surface area contributed by atoms with Crippen molar-refractivity contribution in [1.29, 1.82) is 0 Å². The summed E-state index contributed by atoms with van der Waals surface area (Å²) in [5.74, 6) is -0.129. The van der Waals surface area contributed by atoms with Crippen molar-refractivity contribution in [3.8, 4) is 5.75 Å². The van der Waals surface area contributed by atoms with Gasteiger partial charge in [0, 0.05) is 0 Å². The Morgan fingerprint density at radius 2 is 2.22 bits per heavy atom. The second-order valence-electron chi connectivity index (χ2n) is 3.85. The first kappa shape index (κ1) is 14.4. The minimum Gasteiger partial charge on any atom is -0.491 e. The Hall–Kier alpha value is -1.62. The third kappa shape index (κ3) is 4.00. The molecular weight excluding hydrogens is 237 g/mol. The number of ether oxygens (including phenoxy) is 2. The normalized spacial score (nSPS) is 12.0. The third-order valence-electron chi connectivity index (χ3n) is 2.48. The summed E-state index contributed by atoms with van der Waals surface area (Å²) in [6.45, 7) is 4.41. The van der Waals surface area contributed by atoms with E-state index in [9.17, 15) is 9.18 Å². The van der Waals surface area contributed by atoms with Crippen molar-refractivity contribution in [2.75, 3.05) is 20.3 Å². The Bertz CT molecular complexity index is 409. The first-order valence-corrected chi connectivity index (χ1v) is 5.78. The summed E-state index contributed by atoms with van der Waals surface area (Å²) >= 11 is 0. The molecule has 0 aromatic heterocycles. The summed E-state index contributed by atoms with van der Waals surface area (Å²) in [4.78, 5) is 11.4. The van der Waals surface area contributed by atoms with Gasteiger partial charge in [-0.2, -0.15) is 0 Å². The molecule has 1 aromatic rings. The molecule has 4 nitrogen and oxygen atoms in total. The number of likely N-dealkylation sites (N-methyl/N-ethyl adjacent to an activating group) is 1. The van der Waals surface area contributed by atoms with E-state index in [0.29, 0.717) is 17.9 Å². The smallest absolute Gasteiger partial charge is 0.326 e. The van der Waals surface area contributed by atoms with Crippen LogP contribution in [0.5, 0.6) is 5.75 Å². The fourth-order valence-electron chi connectivity index (χ4n) is 1.55. The molecule has 0 radical (unpaired) electrons. The predicted octanol–water partition coefficient (Wildman–Crippen LogP) is 1.66. The molecule has 0 heterocycles. The molecule has 1 rings (SSSR count). The molecule has 100 valence electrons. The lowest BCUT2D eigenvalue weighted by atomic mass is 10.2. The highest BCUT2D eigenvalue weighted by Gasteiger charge is 2.18. The molecule has 0 amide bonds. The van der Waals surface area contributed by atoms with Gasteiger partial charge in [0.05, 0.1) is 7.11 Å². The van der Waals surface area contributed by atoms with Crippen molar-refractivity contribution < 1.29 is 18.7 Å². The van der Waals surface area contributed by atoms with Gasteiger partial charge < -0.3 is 14.8 Å². The lowest BCUT2D eigenvalue weighted by molar-refractivity contribution is -0.143. The van der Waals surface area contributed by atoms with E-state index < -0.39 is 6.04 Å². The van der Waals surface area contributed by atoms with Gasteiger partial charge in [-0.05, 0) is 37.2 Å². The van der Waals surface area contributed by atoms with Crippen LogP contribution in [0.15, 0.2) is 18.2 Å². The SMILES string of the molecule is CCNC(COc1ccc(F)cc1C)C(=O)OC. The molecule has 0 aliphatic rings. The molecule has 1 unspecified atom stereocenters. The summed E-state index contributed by atoms with van der Waals surface area (Å²) in [6, 6.07) is 3.73. The van der Waals surface area contributed by atoms with E-state index >= 15 is 0 Å². The van der Waals surface area contributed by atoms with Gasteiger partial charge in [0.1, 0.15) is 24.2 Å². The summed E-state index contributed by atoms with van der Waals surface area (Å²) < 4.78 is 23.1. The molecule has 0 aliphatic heterocycles. The summed E-state index contributed by atoms with van der Waals surface area (Å²) in [5.41, 5.74) is 0.690. The van der Waals surface area contributed by atoms with Gasteiger partial charge in [-0.1, -0.05) is 6.92 Å². The Morgan fingerprint density at radius 1 is 1.50 bits per heavy atom. The number of esters is 1. The van der Waals surface area contributed by atoms with Crippen LogP contribution in [0.2, 0.25) is 0 Å². The minimum atomic E-state index is -0.524. The molecule has 0 aliphatic carbocycles. The number of nitrogens with one attached hydrogen (secondary N) is 1. The van der Waals surface area contributed by atoms with Crippen LogP contribution in [0, 0.1) is 12.7 Å². The van der Waals surface area contributed by atoms with Crippen molar-refractivity contribution in [3.05, 3.63) is 29.6 Å². The molecular formula is C13H18FNO3. The monoisotopic (exact) mass is 255 g/mol. The molecule has 0 fully saturated rings. The van der Waals surface area contributed by atoms with Gasteiger partial charge in [0.25, 0.3) is 0 Å². The first-order valence-electron chi connectivity index (χ1n) is 5.78. The van der Waals surface area contributed by atoms with Gasteiger partial charge >= 0.3 is 5.97 Å².